The Hall–Kier alpha value is -0.950. The van der Waals surface area contributed by atoms with Crippen LogP contribution in [0.2, 0.25) is 0 Å². The molecule has 0 saturated carbocycles. The average molecular weight is 285 g/mol. The highest BCUT2D eigenvalue weighted by Crippen LogP contribution is 2.22. The van der Waals surface area contributed by atoms with Crippen molar-refractivity contribution in [1.29, 1.82) is 0 Å². The molecule has 0 aromatic carbocycles. The molecule has 0 amide bonds. The molecule has 0 spiro atoms. The summed E-state index contributed by atoms with van der Waals surface area (Å²) in [5, 5.41) is 14.0. The van der Waals surface area contributed by atoms with Gasteiger partial charge in [-0.25, -0.2) is 18.1 Å². The Morgan fingerprint density at radius 2 is 2.21 bits per heavy atom. The molecular weight excluding hydrogens is 266 g/mol. The standard InChI is InChI=1S/C12H19N3O3S/c16-10-3-4-12-13-11(14-15(12)7-10)6-9-2-1-5-19(17,18)8-9/h9-10,16H,1-8H2. The Balaban J connectivity index is 1.70. The summed E-state index contributed by atoms with van der Waals surface area (Å²) in [5.74, 6) is 2.38. The molecule has 2 aliphatic rings. The van der Waals surface area contributed by atoms with Gasteiger partial charge in [0.15, 0.2) is 15.7 Å². The first-order valence-corrected chi connectivity index (χ1v) is 8.65. The molecule has 0 bridgehead atoms. The van der Waals surface area contributed by atoms with Gasteiger partial charge in [0.25, 0.3) is 0 Å². The van der Waals surface area contributed by atoms with E-state index >= 15 is 0 Å². The molecule has 2 unspecified atom stereocenters. The summed E-state index contributed by atoms with van der Waals surface area (Å²) in [7, 11) is -2.87. The predicted octanol–water partition coefficient (Wildman–Crippen LogP) is -0.0475. The molecule has 0 aliphatic carbocycles. The van der Waals surface area contributed by atoms with Crippen LogP contribution in [0.5, 0.6) is 0 Å². The van der Waals surface area contributed by atoms with E-state index in [1.807, 2.05) is 0 Å². The molecule has 106 valence electrons. The molecule has 1 fully saturated rings. The molecule has 1 saturated heterocycles. The number of hydrogen-bond acceptors (Lipinski definition) is 5. The molecule has 2 aliphatic heterocycles. The summed E-state index contributed by atoms with van der Waals surface area (Å²) in [6.45, 7) is 0.505. The number of aromatic nitrogens is 3. The Morgan fingerprint density at radius 3 is 3.00 bits per heavy atom. The van der Waals surface area contributed by atoms with Crippen molar-refractivity contribution < 1.29 is 13.5 Å². The second-order valence-electron chi connectivity index (χ2n) is 5.65. The topological polar surface area (TPSA) is 85.1 Å². The zero-order valence-corrected chi connectivity index (χ0v) is 11.6. The average Bonchev–Trinajstić information content (AvgIpc) is 2.68. The van der Waals surface area contributed by atoms with Crippen molar-refractivity contribution in [3.63, 3.8) is 0 Å². The van der Waals surface area contributed by atoms with Crippen LogP contribution >= 0.6 is 0 Å². The summed E-state index contributed by atoms with van der Waals surface area (Å²) in [6, 6.07) is 0. The van der Waals surface area contributed by atoms with Gasteiger partial charge in [-0.05, 0) is 25.2 Å². The zero-order chi connectivity index (χ0) is 13.5. The molecule has 2 atom stereocenters. The Labute approximate surface area is 112 Å². The van der Waals surface area contributed by atoms with E-state index in [4.69, 9.17) is 0 Å². The first-order chi connectivity index (χ1) is 9.02. The minimum Gasteiger partial charge on any atom is -0.391 e. The van der Waals surface area contributed by atoms with Crippen LogP contribution in [0.4, 0.5) is 0 Å². The SMILES string of the molecule is O=S1(=O)CCCC(Cc2nc3n(n2)CC(O)CC3)C1. The van der Waals surface area contributed by atoms with Crippen molar-refractivity contribution in [2.45, 2.75) is 44.8 Å². The highest BCUT2D eigenvalue weighted by molar-refractivity contribution is 7.91. The number of nitrogens with zero attached hydrogens (tertiary/aromatic N) is 3. The van der Waals surface area contributed by atoms with Gasteiger partial charge in [0.2, 0.25) is 0 Å². The van der Waals surface area contributed by atoms with E-state index in [1.165, 1.54) is 0 Å². The van der Waals surface area contributed by atoms with Crippen molar-refractivity contribution >= 4 is 9.84 Å². The molecule has 1 aromatic rings. The van der Waals surface area contributed by atoms with Crippen LogP contribution in [0.25, 0.3) is 0 Å². The lowest BCUT2D eigenvalue weighted by Crippen LogP contribution is -2.27. The maximum Gasteiger partial charge on any atom is 0.151 e. The van der Waals surface area contributed by atoms with E-state index in [2.05, 4.69) is 10.1 Å². The number of aliphatic hydroxyl groups excluding tert-OH is 1. The molecule has 7 heteroatoms. The Bertz CT molecular complexity index is 567. The summed E-state index contributed by atoms with van der Waals surface area (Å²) >= 11 is 0. The van der Waals surface area contributed by atoms with Gasteiger partial charge in [0.05, 0.1) is 24.2 Å². The number of aliphatic hydroxyl groups is 1. The van der Waals surface area contributed by atoms with Crippen molar-refractivity contribution in [2.24, 2.45) is 5.92 Å². The summed E-state index contributed by atoms with van der Waals surface area (Å²) in [4.78, 5) is 4.47. The summed E-state index contributed by atoms with van der Waals surface area (Å²) in [6.07, 6.45) is 3.46. The van der Waals surface area contributed by atoms with Crippen molar-refractivity contribution in [1.82, 2.24) is 14.8 Å². The molecule has 1 N–H and O–H groups in total. The van der Waals surface area contributed by atoms with E-state index in [0.717, 1.165) is 37.3 Å². The maximum absolute atomic E-state index is 11.6. The highest BCUT2D eigenvalue weighted by Gasteiger charge is 2.27. The Morgan fingerprint density at radius 1 is 1.37 bits per heavy atom. The van der Waals surface area contributed by atoms with E-state index in [1.54, 1.807) is 4.68 Å². The van der Waals surface area contributed by atoms with Crippen LogP contribution in [0.3, 0.4) is 0 Å². The first kappa shape index (κ1) is 13.1. The van der Waals surface area contributed by atoms with Gasteiger partial charge in [-0.15, -0.1) is 0 Å². The lowest BCUT2D eigenvalue weighted by atomic mass is 10.0. The number of sulfone groups is 1. The van der Waals surface area contributed by atoms with Gasteiger partial charge < -0.3 is 5.11 Å². The largest absolute Gasteiger partial charge is 0.391 e. The van der Waals surface area contributed by atoms with Gasteiger partial charge in [0, 0.05) is 12.8 Å². The van der Waals surface area contributed by atoms with Gasteiger partial charge in [-0.3, -0.25) is 0 Å². The lowest BCUT2D eigenvalue weighted by molar-refractivity contribution is 0.124. The van der Waals surface area contributed by atoms with Gasteiger partial charge >= 0.3 is 0 Å². The third-order valence-corrected chi connectivity index (χ3v) is 5.80. The minimum absolute atomic E-state index is 0.146. The van der Waals surface area contributed by atoms with Crippen LogP contribution in [0.1, 0.15) is 30.9 Å². The second-order valence-corrected chi connectivity index (χ2v) is 7.87. The zero-order valence-electron chi connectivity index (χ0n) is 10.8. The van der Waals surface area contributed by atoms with Crippen LogP contribution in [0.15, 0.2) is 0 Å². The Kier molecular flexibility index (Phi) is 3.34. The van der Waals surface area contributed by atoms with E-state index in [-0.39, 0.29) is 17.8 Å². The van der Waals surface area contributed by atoms with Crippen molar-refractivity contribution in [3.8, 4) is 0 Å². The molecular formula is C12H19N3O3S. The third-order valence-electron chi connectivity index (χ3n) is 3.91. The van der Waals surface area contributed by atoms with E-state index in [9.17, 15) is 13.5 Å². The normalized spacial score (nSPS) is 29.9. The maximum atomic E-state index is 11.6. The highest BCUT2D eigenvalue weighted by atomic mass is 32.2. The van der Waals surface area contributed by atoms with Gasteiger partial charge in [-0.2, -0.15) is 5.10 Å². The van der Waals surface area contributed by atoms with Crippen LogP contribution in [-0.4, -0.2) is 45.9 Å². The lowest BCUT2D eigenvalue weighted by Gasteiger charge is -2.20. The van der Waals surface area contributed by atoms with E-state index in [0.29, 0.717) is 18.7 Å². The van der Waals surface area contributed by atoms with E-state index < -0.39 is 9.84 Å². The van der Waals surface area contributed by atoms with Crippen molar-refractivity contribution in [3.05, 3.63) is 11.6 Å². The number of hydrogen-bond donors (Lipinski definition) is 1. The summed E-state index contributed by atoms with van der Waals surface area (Å²) < 4.78 is 25.0. The smallest absolute Gasteiger partial charge is 0.151 e. The molecule has 19 heavy (non-hydrogen) atoms. The predicted molar refractivity (Wildman–Crippen MR) is 69.4 cm³/mol. The number of rotatable bonds is 2. The molecule has 1 aromatic heterocycles. The van der Waals surface area contributed by atoms with Crippen LogP contribution < -0.4 is 0 Å². The molecule has 0 radical (unpaired) electrons. The minimum atomic E-state index is -2.87. The van der Waals surface area contributed by atoms with Crippen LogP contribution in [-0.2, 0) is 29.2 Å². The fourth-order valence-electron chi connectivity index (χ4n) is 2.97. The summed E-state index contributed by atoms with van der Waals surface area (Å²) in [5.41, 5.74) is 0. The first-order valence-electron chi connectivity index (χ1n) is 6.83. The fourth-order valence-corrected chi connectivity index (χ4v) is 4.74. The van der Waals surface area contributed by atoms with Gasteiger partial charge in [0.1, 0.15) is 5.82 Å². The number of fused-ring (bicyclic) bond motifs is 1. The second kappa shape index (κ2) is 4.86. The van der Waals surface area contributed by atoms with Gasteiger partial charge in [-0.1, -0.05) is 0 Å². The quantitative estimate of drug-likeness (QED) is 0.823. The molecule has 3 heterocycles. The monoisotopic (exact) mass is 285 g/mol. The molecule has 6 nitrogen and oxygen atoms in total. The molecule has 3 rings (SSSR count). The number of aryl methyl sites for hydroxylation is 1. The van der Waals surface area contributed by atoms with Crippen molar-refractivity contribution in [2.75, 3.05) is 11.5 Å². The fraction of sp³-hybridized carbons (Fsp3) is 0.833. The van der Waals surface area contributed by atoms with Crippen LogP contribution in [0, 0.1) is 5.92 Å². The third kappa shape index (κ3) is 2.97.